The van der Waals surface area contributed by atoms with Crippen LogP contribution >= 0.6 is 0 Å². The number of carbonyl (C=O) groups excluding carboxylic acids is 1. The lowest BCUT2D eigenvalue weighted by Gasteiger charge is -2.11. The lowest BCUT2D eigenvalue weighted by molar-refractivity contribution is -0.116. The summed E-state index contributed by atoms with van der Waals surface area (Å²) >= 11 is 0. The van der Waals surface area contributed by atoms with Crippen LogP contribution in [-0.4, -0.2) is 44.4 Å². The van der Waals surface area contributed by atoms with Crippen LogP contribution in [0.4, 0.5) is 5.69 Å². The van der Waals surface area contributed by atoms with Gasteiger partial charge < -0.3 is 19.8 Å². The second-order valence-corrected chi connectivity index (χ2v) is 8.54. The topological polar surface area (TPSA) is 107 Å². The summed E-state index contributed by atoms with van der Waals surface area (Å²) < 4.78 is 12.9. The zero-order valence-corrected chi connectivity index (χ0v) is 19.4. The first-order valence-corrected chi connectivity index (χ1v) is 11.2. The number of nitrogens with zero attached hydrogens (tertiary/aromatic N) is 4. The minimum atomic E-state index is -0.0507. The van der Waals surface area contributed by atoms with Gasteiger partial charge in [-0.05, 0) is 62.4 Å². The Bertz CT molecular complexity index is 1350. The van der Waals surface area contributed by atoms with Crippen molar-refractivity contribution in [1.29, 1.82) is 0 Å². The van der Waals surface area contributed by atoms with E-state index in [9.17, 15) is 4.79 Å². The summed E-state index contributed by atoms with van der Waals surface area (Å²) in [5.74, 6) is 1.36. The number of fused-ring (bicyclic) bond motifs is 2. The van der Waals surface area contributed by atoms with Gasteiger partial charge >= 0.3 is 0 Å². The highest BCUT2D eigenvalue weighted by Crippen LogP contribution is 2.31. The number of anilines is 1. The number of imidazole rings is 1. The molecule has 1 fully saturated rings. The Labute approximate surface area is 191 Å². The van der Waals surface area contributed by atoms with Crippen molar-refractivity contribution in [3.05, 3.63) is 40.8 Å². The number of rotatable bonds is 6. The average molecular weight is 449 g/mol. The zero-order chi connectivity index (χ0) is 23.1. The molecular weight excluding hydrogens is 420 g/mol. The molecule has 1 unspecified atom stereocenters. The highest BCUT2D eigenvalue weighted by molar-refractivity contribution is 5.93. The Hall–Kier alpha value is -3.46. The van der Waals surface area contributed by atoms with Gasteiger partial charge in [-0.15, -0.1) is 5.10 Å². The van der Waals surface area contributed by atoms with Crippen molar-refractivity contribution in [1.82, 2.24) is 24.7 Å². The highest BCUT2D eigenvalue weighted by Gasteiger charge is 2.21. The molecule has 33 heavy (non-hydrogen) atoms. The Morgan fingerprint density at radius 1 is 1.33 bits per heavy atom. The van der Waals surface area contributed by atoms with Gasteiger partial charge in [-0.1, -0.05) is 0 Å². The Balaban J connectivity index is 1.30. The fourth-order valence-corrected chi connectivity index (χ4v) is 4.62. The minimum absolute atomic E-state index is 0.0336. The number of aromatic amines is 1. The summed E-state index contributed by atoms with van der Waals surface area (Å²) in [6.45, 7) is 4.78. The van der Waals surface area contributed by atoms with Crippen molar-refractivity contribution < 1.29 is 14.3 Å². The van der Waals surface area contributed by atoms with Crippen LogP contribution in [0.15, 0.2) is 18.2 Å². The molecule has 4 aromatic rings. The van der Waals surface area contributed by atoms with E-state index >= 15 is 0 Å². The standard InChI is InChI=1S/C24H28N6O3/c1-13-16(14(2)25-23-21(13)24(32-4)29-30(23)3)8-10-20(31)26-15-7-9-17-18(12-15)28-22(27-17)19-6-5-11-33-19/h7,9,12,19H,5-6,8,10-11H2,1-4H3,(H,26,31)(H,27,28). The van der Waals surface area contributed by atoms with Crippen LogP contribution in [-0.2, 0) is 23.0 Å². The molecule has 3 aromatic heterocycles. The molecule has 9 nitrogen and oxygen atoms in total. The number of ether oxygens (including phenoxy) is 2. The lowest BCUT2D eigenvalue weighted by atomic mass is 10.00. The molecule has 1 aliphatic heterocycles. The SMILES string of the molecule is COc1nn(C)c2nc(C)c(CCC(=O)Nc3ccc4nc(C5CCCO5)[nH]c4c3)c(C)c12. The maximum atomic E-state index is 12.7. The molecular formula is C24H28N6O3. The van der Waals surface area contributed by atoms with Gasteiger partial charge in [0.05, 0.1) is 23.5 Å². The largest absolute Gasteiger partial charge is 0.479 e. The molecule has 0 spiro atoms. The normalized spacial score (nSPS) is 16.1. The van der Waals surface area contributed by atoms with E-state index in [1.807, 2.05) is 39.1 Å². The van der Waals surface area contributed by atoms with Crippen molar-refractivity contribution in [3.63, 3.8) is 0 Å². The molecule has 1 saturated heterocycles. The number of carbonyl (C=O) groups is 1. The van der Waals surface area contributed by atoms with Gasteiger partial charge in [0.25, 0.3) is 0 Å². The molecule has 1 aliphatic rings. The van der Waals surface area contributed by atoms with Gasteiger partial charge in [0, 0.05) is 31.5 Å². The van der Waals surface area contributed by atoms with E-state index in [-0.39, 0.29) is 12.0 Å². The number of nitrogens with one attached hydrogen (secondary N) is 2. The lowest BCUT2D eigenvalue weighted by Crippen LogP contribution is -2.13. The molecule has 9 heteroatoms. The average Bonchev–Trinajstić information content (AvgIpc) is 3.52. The van der Waals surface area contributed by atoms with E-state index in [2.05, 4.69) is 20.4 Å². The molecule has 0 bridgehead atoms. The fourth-order valence-electron chi connectivity index (χ4n) is 4.62. The Morgan fingerprint density at radius 3 is 2.94 bits per heavy atom. The summed E-state index contributed by atoms with van der Waals surface area (Å²) in [5.41, 5.74) is 6.29. The van der Waals surface area contributed by atoms with Gasteiger partial charge in [0.2, 0.25) is 11.8 Å². The molecule has 1 atom stereocenters. The predicted molar refractivity (Wildman–Crippen MR) is 126 cm³/mol. The number of methoxy groups -OCH3 is 1. The van der Waals surface area contributed by atoms with Crippen molar-refractivity contribution in [2.24, 2.45) is 7.05 Å². The quantitative estimate of drug-likeness (QED) is 0.463. The van der Waals surface area contributed by atoms with Gasteiger partial charge in [-0.2, -0.15) is 0 Å². The van der Waals surface area contributed by atoms with Crippen LogP contribution < -0.4 is 10.1 Å². The summed E-state index contributed by atoms with van der Waals surface area (Å²) in [4.78, 5) is 25.4. The number of amides is 1. The number of hydrogen-bond acceptors (Lipinski definition) is 6. The fraction of sp³-hybridized carbons (Fsp3) is 0.417. The number of aryl methyl sites for hydroxylation is 3. The van der Waals surface area contributed by atoms with Gasteiger partial charge in [-0.25, -0.2) is 14.6 Å². The van der Waals surface area contributed by atoms with Gasteiger partial charge in [0.1, 0.15) is 11.9 Å². The summed E-state index contributed by atoms with van der Waals surface area (Å²) in [7, 11) is 3.46. The first-order valence-electron chi connectivity index (χ1n) is 11.2. The zero-order valence-electron chi connectivity index (χ0n) is 19.4. The first kappa shape index (κ1) is 21.4. The minimum Gasteiger partial charge on any atom is -0.479 e. The number of benzene rings is 1. The number of hydrogen-bond donors (Lipinski definition) is 2. The molecule has 5 rings (SSSR count). The Kier molecular flexibility index (Phi) is 5.49. The summed E-state index contributed by atoms with van der Waals surface area (Å²) in [6.07, 6.45) is 3.00. The van der Waals surface area contributed by atoms with Crippen LogP contribution in [0.5, 0.6) is 5.88 Å². The molecule has 1 amide bonds. The van der Waals surface area contributed by atoms with Crippen LogP contribution in [0.2, 0.25) is 0 Å². The predicted octanol–water partition coefficient (Wildman–Crippen LogP) is 3.89. The molecule has 0 aliphatic carbocycles. The Morgan fingerprint density at radius 2 is 2.18 bits per heavy atom. The third-order valence-electron chi connectivity index (χ3n) is 6.34. The molecule has 0 saturated carbocycles. The number of pyridine rings is 1. The molecule has 4 heterocycles. The van der Waals surface area contributed by atoms with Gasteiger partial charge in [-0.3, -0.25) is 4.79 Å². The summed E-state index contributed by atoms with van der Waals surface area (Å²) in [5, 5.41) is 8.29. The van der Waals surface area contributed by atoms with Crippen LogP contribution in [0.3, 0.4) is 0 Å². The molecule has 0 radical (unpaired) electrons. The van der Waals surface area contributed by atoms with Crippen molar-refractivity contribution >= 4 is 33.7 Å². The highest BCUT2D eigenvalue weighted by atomic mass is 16.5. The van der Waals surface area contributed by atoms with Crippen LogP contribution in [0, 0.1) is 13.8 Å². The van der Waals surface area contributed by atoms with E-state index in [0.29, 0.717) is 18.7 Å². The second kappa shape index (κ2) is 8.47. The third kappa shape index (κ3) is 3.93. The maximum Gasteiger partial charge on any atom is 0.242 e. The van der Waals surface area contributed by atoms with Crippen LogP contribution in [0.1, 0.15) is 48.0 Å². The van der Waals surface area contributed by atoms with E-state index in [4.69, 9.17) is 14.5 Å². The number of aromatic nitrogens is 5. The first-order chi connectivity index (χ1) is 15.9. The van der Waals surface area contributed by atoms with Crippen molar-refractivity contribution in [2.45, 2.75) is 45.6 Å². The van der Waals surface area contributed by atoms with Gasteiger partial charge in [0.15, 0.2) is 5.65 Å². The molecule has 1 aromatic carbocycles. The van der Waals surface area contributed by atoms with E-state index in [0.717, 1.165) is 69.8 Å². The molecule has 2 N–H and O–H groups in total. The molecule has 172 valence electrons. The second-order valence-electron chi connectivity index (χ2n) is 8.54. The third-order valence-corrected chi connectivity index (χ3v) is 6.34. The summed E-state index contributed by atoms with van der Waals surface area (Å²) in [6, 6.07) is 5.72. The smallest absolute Gasteiger partial charge is 0.242 e. The van der Waals surface area contributed by atoms with E-state index in [1.165, 1.54) is 0 Å². The number of H-pyrrole nitrogens is 1. The monoisotopic (exact) mass is 448 g/mol. The van der Waals surface area contributed by atoms with Crippen molar-refractivity contribution in [3.8, 4) is 5.88 Å². The van der Waals surface area contributed by atoms with Crippen LogP contribution in [0.25, 0.3) is 22.1 Å². The maximum absolute atomic E-state index is 12.7. The van der Waals surface area contributed by atoms with E-state index < -0.39 is 0 Å². The van der Waals surface area contributed by atoms with Crippen molar-refractivity contribution in [2.75, 3.05) is 19.0 Å². The van der Waals surface area contributed by atoms with E-state index in [1.54, 1.807) is 11.8 Å².